The topological polar surface area (TPSA) is 94.2 Å². The normalized spacial score (nSPS) is 21.5. The maximum Gasteiger partial charge on any atom is 0.281 e. The van der Waals surface area contributed by atoms with Crippen molar-refractivity contribution in [2.45, 2.75) is 39.2 Å². The molecule has 0 bridgehead atoms. The van der Waals surface area contributed by atoms with Gasteiger partial charge in [0.15, 0.2) is 11.9 Å². The average molecular weight is 412 g/mol. The van der Waals surface area contributed by atoms with E-state index in [1.165, 1.54) is 11.1 Å². The number of fused-ring (bicyclic) bond motifs is 1. The molecule has 1 aromatic carbocycles. The molecule has 4 rings (SSSR count). The summed E-state index contributed by atoms with van der Waals surface area (Å²) in [7, 11) is 0. The minimum Gasteiger partial charge on any atom is -0.379 e. The number of unbranched alkanes of at least 4 members (excludes halogenated alkanes) is 1. The Morgan fingerprint density at radius 3 is 2.77 bits per heavy atom. The Morgan fingerprint density at radius 2 is 1.97 bits per heavy atom. The minimum absolute atomic E-state index is 0.269. The molecule has 1 aromatic rings. The minimum atomic E-state index is -0.594. The molecule has 1 fully saturated rings. The number of carbonyl (C=O) groups excluding carboxylic acids is 1. The van der Waals surface area contributed by atoms with Crippen LogP contribution < -0.4 is 5.32 Å². The molecule has 0 saturated carbocycles. The van der Waals surface area contributed by atoms with Crippen LogP contribution in [-0.2, 0) is 16.0 Å². The molecule has 9 heteroatoms. The highest BCUT2D eigenvalue weighted by Gasteiger charge is 2.38. The Morgan fingerprint density at radius 1 is 1.17 bits per heavy atom. The first kappa shape index (κ1) is 20.6. The second kappa shape index (κ2) is 9.44. The lowest BCUT2D eigenvalue weighted by Gasteiger charge is -2.27. The molecule has 3 heterocycles. The van der Waals surface area contributed by atoms with E-state index in [1.54, 1.807) is 5.01 Å². The number of ether oxygens (including phenoxy) is 1. The van der Waals surface area contributed by atoms with Crippen LogP contribution in [0.1, 0.15) is 30.9 Å². The quantitative estimate of drug-likeness (QED) is 0.696. The van der Waals surface area contributed by atoms with Gasteiger partial charge in [0.25, 0.3) is 5.91 Å². The molecular formula is C21H29N7O2. The number of guanidine groups is 1. The Balaban J connectivity index is 1.31. The van der Waals surface area contributed by atoms with Crippen molar-refractivity contribution in [2.75, 3.05) is 44.7 Å². The Bertz CT molecular complexity index is 874. The van der Waals surface area contributed by atoms with Crippen molar-refractivity contribution in [3.8, 4) is 0 Å². The number of nitrogens with zero attached hydrogens (tertiary/aromatic N) is 6. The SMILES string of the molecule is CCc1cc(NC2=NC(=O)C3C(=N2)N=NN3CCCCN2CCOCC2)ccc1C. The van der Waals surface area contributed by atoms with E-state index in [4.69, 9.17) is 4.74 Å². The van der Waals surface area contributed by atoms with Crippen LogP contribution in [0.2, 0.25) is 0 Å². The number of morpholine rings is 1. The number of benzene rings is 1. The van der Waals surface area contributed by atoms with Gasteiger partial charge in [0, 0.05) is 25.3 Å². The van der Waals surface area contributed by atoms with E-state index in [9.17, 15) is 4.79 Å². The summed E-state index contributed by atoms with van der Waals surface area (Å²) in [5, 5.41) is 13.1. The molecule has 3 aliphatic rings. The first-order valence-corrected chi connectivity index (χ1v) is 10.7. The summed E-state index contributed by atoms with van der Waals surface area (Å²) in [5.74, 6) is 0.405. The van der Waals surface area contributed by atoms with Crippen molar-refractivity contribution in [1.82, 2.24) is 9.91 Å². The molecule has 0 aromatic heterocycles. The second-order valence-corrected chi connectivity index (χ2v) is 7.78. The van der Waals surface area contributed by atoms with Crippen LogP contribution in [0.25, 0.3) is 0 Å². The summed E-state index contributed by atoms with van der Waals surface area (Å²) in [4.78, 5) is 23.6. The summed E-state index contributed by atoms with van der Waals surface area (Å²) < 4.78 is 5.38. The van der Waals surface area contributed by atoms with Crippen LogP contribution >= 0.6 is 0 Å². The maximum absolute atomic E-state index is 12.7. The molecule has 1 N–H and O–H groups in total. The van der Waals surface area contributed by atoms with Crippen molar-refractivity contribution >= 4 is 23.4 Å². The zero-order valence-corrected chi connectivity index (χ0v) is 17.7. The summed E-state index contributed by atoms with van der Waals surface area (Å²) in [5.41, 5.74) is 3.35. The Labute approximate surface area is 176 Å². The van der Waals surface area contributed by atoms with Gasteiger partial charge in [-0.2, -0.15) is 9.98 Å². The highest BCUT2D eigenvalue weighted by atomic mass is 16.5. The van der Waals surface area contributed by atoms with Crippen LogP contribution in [0.4, 0.5) is 5.69 Å². The van der Waals surface area contributed by atoms with Crippen molar-refractivity contribution < 1.29 is 9.53 Å². The van der Waals surface area contributed by atoms with Crippen molar-refractivity contribution in [1.29, 1.82) is 0 Å². The summed E-state index contributed by atoms with van der Waals surface area (Å²) >= 11 is 0. The summed E-state index contributed by atoms with van der Waals surface area (Å²) in [6.07, 6.45) is 2.92. The molecule has 3 aliphatic heterocycles. The number of hydrogen-bond acceptors (Lipinski definition) is 8. The van der Waals surface area contributed by atoms with Crippen molar-refractivity contribution in [3.05, 3.63) is 29.3 Å². The Hall–Kier alpha value is -2.65. The number of nitrogens with one attached hydrogen (secondary N) is 1. The number of aryl methyl sites for hydroxylation is 2. The largest absolute Gasteiger partial charge is 0.379 e. The van der Waals surface area contributed by atoms with E-state index >= 15 is 0 Å². The average Bonchev–Trinajstić information content (AvgIpc) is 3.17. The van der Waals surface area contributed by atoms with Gasteiger partial charge in [-0.05, 0) is 56.0 Å². The van der Waals surface area contributed by atoms with E-state index in [2.05, 4.69) is 56.5 Å². The fourth-order valence-electron chi connectivity index (χ4n) is 3.89. The highest BCUT2D eigenvalue weighted by Crippen LogP contribution is 2.21. The van der Waals surface area contributed by atoms with E-state index in [0.29, 0.717) is 12.4 Å². The fourth-order valence-corrected chi connectivity index (χ4v) is 3.89. The molecule has 30 heavy (non-hydrogen) atoms. The zero-order chi connectivity index (χ0) is 20.9. The molecule has 1 unspecified atom stereocenters. The molecule has 9 nitrogen and oxygen atoms in total. The number of rotatable bonds is 7. The van der Waals surface area contributed by atoms with Crippen LogP contribution in [0.15, 0.2) is 38.5 Å². The lowest BCUT2D eigenvalue weighted by molar-refractivity contribution is -0.120. The first-order valence-electron chi connectivity index (χ1n) is 10.7. The van der Waals surface area contributed by atoms with Crippen LogP contribution in [0.5, 0.6) is 0 Å². The molecule has 0 radical (unpaired) electrons. The molecule has 0 aliphatic carbocycles. The van der Waals surface area contributed by atoms with Gasteiger partial charge >= 0.3 is 0 Å². The van der Waals surface area contributed by atoms with Gasteiger partial charge < -0.3 is 10.1 Å². The number of carbonyl (C=O) groups is 1. The monoisotopic (exact) mass is 411 g/mol. The van der Waals surface area contributed by atoms with Gasteiger partial charge in [-0.3, -0.25) is 14.7 Å². The second-order valence-electron chi connectivity index (χ2n) is 7.78. The smallest absolute Gasteiger partial charge is 0.281 e. The number of aliphatic imine (C=N–C) groups is 2. The molecule has 1 saturated heterocycles. The predicted octanol–water partition coefficient (Wildman–Crippen LogP) is 2.43. The fraction of sp³-hybridized carbons (Fsp3) is 0.571. The van der Waals surface area contributed by atoms with Crippen LogP contribution in [0, 0.1) is 6.92 Å². The molecule has 1 amide bonds. The van der Waals surface area contributed by atoms with E-state index in [1.807, 2.05) is 6.07 Å². The van der Waals surface area contributed by atoms with Gasteiger partial charge in [0.1, 0.15) is 0 Å². The van der Waals surface area contributed by atoms with E-state index in [-0.39, 0.29) is 11.9 Å². The van der Waals surface area contributed by atoms with Crippen molar-refractivity contribution in [2.24, 2.45) is 20.3 Å². The summed E-state index contributed by atoms with van der Waals surface area (Å²) in [6.45, 7) is 9.52. The van der Waals surface area contributed by atoms with Gasteiger partial charge in [-0.1, -0.05) is 18.2 Å². The maximum atomic E-state index is 12.7. The van der Waals surface area contributed by atoms with Crippen molar-refractivity contribution in [3.63, 3.8) is 0 Å². The van der Waals surface area contributed by atoms with Gasteiger partial charge in [0.2, 0.25) is 5.96 Å². The van der Waals surface area contributed by atoms with Gasteiger partial charge in [-0.15, -0.1) is 5.11 Å². The predicted molar refractivity (Wildman–Crippen MR) is 116 cm³/mol. The first-order chi connectivity index (χ1) is 14.6. The highest BCUT2D eigenvalue weighted by molar-refractivity contribution is 6.20. The molecule has 160 valence electrons. The number of hydrogen-bond donors (Lipinski definition) is 1. The van der Waals surface area contributed by atoms with Gasteiger partial charge in [0.05, 0.1) is 13.2 Å². The Kier molecular flexibility index (Phi) is 6.49. The van der Waals surface area contributed by atoms with Gasteiger partial charge in [-0.25, -0.2) is 0 Å². The molecular weight excluding hydrogens is 382 g/mol. The summed E-state index contributed by atoms with van der Waals surface area (Å²) in [6, 6.07) is 5.48. The third-order valence-electron chi connectivity index (χ3n) is 5.68. The third kappa shape index (κ3) is 4.73. The van der Waals surface area contributed by atoms with E-state index in [0.717, 1.165) is 57.8 Å². The molecule has 1 atom stereocenters. The van der Waals surface area contributed by atoms with Crippen LogP contribution in [-0.4, -0.2) is 73.0 Å². The standard InChI is InChI=1S/C21H29N7O2/c1-3-16-14-17(7-6-15(16)2)22-21-23-19-18(20(29)24-21)28(26-25-19)9-5-4-8-27-10-12-30-13-11-27/h6-7,14,18H,3-5,8-13H2,1-2H3,(H,22,24,29). The third-order valence-corrected chi connectivity index (χ3v) is 5.68. The molecule has 0 spiro atoms. The number of amides is 1. The number of anilines is 1. The lowest BCUT2D eigenvalue weighted by atomic mass is 10.1. The number of amidine groups is 1. The lowest BCUT2D eigenvalue weighted by Crippen LogP contribution is -2.42. The van der Waals surface area contributed by atoms with E-state index < -0.39 is 6.04 Å². The van der Waals surface area contributed by atoms with Crippen LogP contribution in [0.3, 0.4) is 0 Å². The zero-order valence-electron chi connectivity index (χ0n) is 17.7.